The average molecular weight is 433 g/mol. The number of ketones is 1. The van der Waals surface area contributed by atoms with Crippen LogP contribution in [0.2, 0.25) is 0 Å². The molecule has 0 aliphatic rings. The Hall–Kier alpha value is -2.41. The predicted molar refractivity (Wildman–Crippen MR) is 120 cm³/mol. The number of aromatic nitrogens is 2. The second-order valence-electron chi connectivity index (χ2n) is 8.06. The first-order valence-electron chi connectivity index (χ1n) is 10.0. The highest BCUT2D eigenvalue weighted by Crippen LogP contribution is 2.34. The topological polar surface area (TPSA) is 78.3 Å². The average Bonchev–Trinajstić information content (AvgIpc) is 2.92. The minimum absolute atomic E-state index is 0.0662. The van der Waals surface area contributed by atoms with Crippen molar-refractivity contribution in [3.05, 3.63) is 45.7 Å². The fraction of sp³-hybridized carbons (Fsp3) is 0.478. The lowest BCUT2D eigenvalue weighted by Crippen LogP contribution is -2.16. The lowest BCUT2D eigenvalue weighted by molar-refractivity contribution is 0.102. The van der Waals surface area contributed by atoms with Gasteiger partial charge in [-0.25, -0.2) is 13.1 Å². The van der Waals surface area contributed by atoms with Crippen molar-refractivity contribution in [1.29, 1.82) is 0 Å². The summed E-state index contributed by atoms with van der Waals surface area (Å²) in [5.41, 5.74) is 4.51. The van der Waals surface area contributed by atoms with E-state index in [0.717, 1.165) is 17.6 Å². The summed E-state index contributed by atoms with van der Waals surface area (Å²) in [6.07, 6.45) is 1.92. The number of rotatable bonds is 7. The number of sulfone groups is 1. The molecule has 2 rings (SSSR count). The van der Waals surface area contributed by atoms with Gasteiger partial charge in [0, 0.05) is 18.9 Å². The summed E-state index contributed by atoms with van der Waals surface area (Å²) in [6.45, 7) is 13.3. The van der Waals surface area contributed by atoms with Crippen LogP contribution in [0, 0.1) is 13.8 Å². The first-order chi connectivity index (χ1) is 13.8. The molecule has 0 saturated carbocycles. The van der Waals surface area contributed by atoms with Gasteiger partial charge >= 0.3 is 0 Å². The summed E-state index contributed by atoms with van der Waals surface area (Å²) in [4.78, 5) is 13.8. The molecule has 0 N–H and O–H groups in total. The molecule has 7 heteroatoms. The van der Waals surface area contributed by atoms with E-state index >= 15 is 0 Å². The van der Waals surface area contributed by atoms with Gasteiger partial charge in [-0.3, -0.25) is 4.79 Å². The number of hydrogen-bond acceptors (Lipinski definition) is 5. The summed E-state index contributed by atoms with van der Waals surface area (Å²) in [5, 5.41) is 4.38. The normalized spacial score (nSPS) is 12.6. The van der Waals surface area contributed by atoms with Crippen LogP contribution in [0.15, 0.2) is 22.6 Å². The van der Waals surface area contributed by atoms with Gasteiger partial charge in [-0.2, -0.15) is 5.10 Å². The Balaban J connectivity index is 2.77. The summed E-state index contributed by atoms with van der Waals surface area (Å²) < 4.78 is 32.4. The summed E-state index contributed by atoms with van der Waals surface area (Å²) in [7, 11) is -1.71. The minimum atomic E-state index is -3.46. The molecule has 6 nitrogen and oxygen atoms in total. The van der Waals surface area contributed by atoms with E-state index in [2.05, 4.69) is 5.10 Å². The molecule has 0 aliphatic carbocycles. The number of benzene rings is 1. The first kappa shape index (κ1) is 23.9. The van der Waals surface area contributed by atoms with Gasteiger partial charge in [0.05, 0.1) is 16.7 Å². The number of hydrogen-bond donors (Lipinski definition) is 0. The van der Waals surface area contributed by atoms with Crippen molar-refractivity contribution >= 4 is 21.2 Å². The SMILES string of the molecule is CCC(C)Oc1c(C(=O)c2ccc(S(C)(=O)=O)c(C(C)=C(C)C)c2C)c(C)nn1C. The van der Waals surface area contributed by atoms with E-state index in [9.17, 15) is 13.2 Å². The third-order valence-corrected chi connectivity index (χ3v) is 6.62. The van der Waals surface area contributed by atoms with Crippen molar-refractivity contribution in [2.24, 2.45) is 7.05 Å². The quantitative estimate of drug-likeness (QED) is 0.595. The van der Waals surface area contributed by atoms with Gasteiger partial charge < -0.3 is 4.74 Å². The maximum absolute atomic E-state index is 13.6. The molecule has 0 bridgehead atoms. The molecule has 0 amide bonds. The van der Waals surface area contributed by atoms with Crippen LogP contribution in [-0.2, 0) is 16.9 Å². The summed E-state index contributed by atoms with van der Waals surface area (Å²) >= 11 is 0. The van der Waals surface area contributed by atoms with Gasteiger partial charge in [0.1, 0.15) is 5.56 Å². The molecule has 0 aliphatic heterocycles. The van der Waals surface area contributed by atoms with Crippen LogP contribution < -0.4 is 4.74 Å². The van der Waals surface area contributed by atoms with Crippen LogP contribution >= 0.6 is 0 Å². The van der Waals surface area contributed by atoms with Gasteiger partial charge in [-0.05, 0) is 76.8 Å². The zero-order chi connectivity index (χ0) is 23.0. The van der Waals surface area contributed by atoms with E-state index in [1.807, 2.05) is 34.6 Å². The Morgan fingerprint density at radius 2 is 1.77 bits per heavy atom. The zero-order valence-electron chi connectivity index (χ0n) is 19.4. The Bertz CT molecular complexity index is 1120. The highest BCUT2D eigenvalue weighted by molar-refractivity contribution is 7.90. The van der Waals surface area contributed by atoms with E-state index in [1.165, 1.54) is 12.3 Å². The van der Waals surface area contributed by atoms with E-state index in [0.29, 0.717) is 33.8 Å². The molecule has 0 spiro atoms. The van der Waals surface area contributed by atoms with E-state index in [1.54, 1.807) is 31.6 Å². The molecule has 0 fully saturated rings. The number of ether oxygens (including phenoxy) is 1. The predicted octanol–water partition coefficient (Wildman–Crippen LogP) is 4.66. The van der Waals surface area contributed by atoms with Gasteiger partial charge in [0.2, 0.25) is 11.7 Å². The van der Waals surface area contributed by atoms with Crippen molar-refractivity contribution in [3.8, 4) is 5.88 Å². The van der Waals surface area contributed by atoms with Crippen LogP contribution in [0.25, 0.3) is 5.57 Å². The number of allylic oxidation sites excluding steroid dienone is 2. The maximum atomic E-state index is 13.6. The van der Waals surface area contributed by atoms with Crippen molar-refractivity contribution < 1.29 is 17.9 Å². The first-order valence-corrected chi connectivity index (χ1v) is 11.9. The lowest BCUT2D eigenvalue weighted by Gasteiger charge is -2.18. The van der Waals surface area contributed by atoms with Crippen LogP contribution in [0.1, 0.15) is 73.8 Å². The molecule has 1 atom stereocenters. The molecule has 1 heterocycles. The third-order valence-electron chi connectivity index (χ3n) is 5.48. The van der Waals surface area contributed by atoms with Gasteiger partial charge in [-0.1, -0.05) is 12.5 Å². The second kappa shape index (κ2) is 8.76. The smallest absolute Gasteiger partial charge is 0.223 e. The van der Waals surface area contributed by atoms with Gasteiger partial charge in [0.25, 0.3) is 0 Å². The highest BCUT2D eigenvalue weighted by atomic mass is 32.2. The molecule has 0 saturated heterocycles. The molecule has 1 aromatic heterocycles. The fourth-order valence-corrected chi connectivity index (χ4v) is 4.39. The lowest BCUT2D eigenvalue weighted by atomic mass is 9.91. The van der Waals surface area contributed by atoms with Gasteiger partial charge in [-0.15, -0.1) is 0 Å². The van der Waals surface area contributed by atoms with Crippen molar-refractivity contribution in [2.45, 2.75) is 65.9 Å². The molecule has 164 valence electrons. The number of aryl methyl sites for hydroxylation is 2. The molecular weight excluding hydrogens is 400 g/mol. The third kappa shape index (κ3) is 4.51. The number of carbonyl (C=O) groups is 1. The van der Waals surface area contributed by atoms with E-state index < -0.39 is 9.84 Å². The second-order valence-corrected chi connectivity index (χ2v) is 10.0. The molecule has 1 unspecified atom stereocenters. The molecule has 1 aromatic carbocycles. The van der Waals surface area contributed by atoms with Crippen LogP contribution in [0.4, 0.5) is 0 Å². The zero-order valence-corrected chi connectivity index (χ0v) is 20.2. The monoisotopic (exact) mass is 432 g/mol. The Morgan fingerprint density at radius 1 is 1.17 bits per heavy atom. The number of carbonyl (C=O) groups excluding carboxylic acids is 1. The largest absolute Gasteiger partial charge is 0.474 e. The van der Waals surface area contributed by atoms with Crippen molar-refractivity contribution in [3.63, 3.8) is 0 Å². The highest BCUT2D eigenvalue weighted by Gasteiger charge is 2.28. The Kier molecular flexibility index (Phi) is 6.97. The summed E-state index contributed by atoms with van der Waals surface area (Å²) in [5.74, 6) is 0.207. The molecule has 0 radical (unpaired) electrons. The van der Waals surface area contributed by atoms with E-state index in [4.69, 9.17) is 4.74 Å². The Morgan fingerprint density at radius 3 is 2.27 bits per heavy atom. The van der Waals surface area contributed by atoms with Crippen LogP contribution in [-0.4, -0.2) is 36.3 Å². The summed E-state index contributed by atoms with van der Waals surface area (Å²) in [6, 6.07) is 3.12. The van der Waals surface area contributed by atoms with E-state index in [-0.39, 0.29) is 16.8 Å². The maximum Gasteiger partial charge on any atom is 0.223 e. The van der Waals surface area contributed by atoms with Crippen LogP contribution in [0.5, 0.6) is 5.88 Å². The molecule has 30 heavy (non-hydrogen) atoms. The molecular formula is C23H32N2O4S. The van der Waals surface area contributed by atoms with Crippen LogP contribution in [0.3, 0.4) is 0 Å². The minimum Gasteiger partial charge on any atom is -0.474 e. The fourth-order valence-electron chi connectivity index (χ4n) is 3.40. The molecule has 2 aromatic rings. The van der Waals surface area contributed by atoms with Crippen molar-refractivity contribution in [2.75, 3.05) is 6.26 Å². The number of nitrogens with zero attached hydrogens (tertiary/aromatic N) is 2. The van der Waals surface area contributed by atoms with Crippen molar-refractivity contribution in [1.82, 2.24) is 9.78 Å². The Labute approximate surface area is 179 Å². The van der Waals surface area contributed by atoms with Gasteiger partial charge in [0.15, 0.2) is 9.84 Å². The standard InChI is InChI=1S/C23H32N2O4S/c1-10-14(4)29-23-21(17(7)24-25(23)8)22(26)18-11-12-19(30(9,27)28)20(16(18)6)15(5)13(2)3/h11-12,14H,10H2,1-9H3.